The van der Waals surface area contributed by atoms with Gasteiger partial charge in [-0.2, -0.15) is 0 Å². The molecule has 0 saturated heterocycles. The van der Waals surface area contributed by atoms with E-state index >= 15 is 0 Å². The van der Waals surface area contributed by atoms with E-state index in [0.717, 1.165) is 48.9 Å². The van der Waals surface area contributed by atoms with Crippen LogP contribution < -0.4 is 5.32 Å². The summed E-state index contributed by atoms with van der Waals surface area (Å²) in [6, 6.07) is 3.86. The average molecular weight is 327 g/mol. The molecule has 0 spiro atoms. The second kappa shape index (κ2) is 6.62. The average Bonchev–Trinajstić information content (AvgIpc) is 2.77. The molecule has 2 N–H and O–H groups in total. The Hall–Kier alpha value is -1.77. The van der Waals surface area contributed by atoms with Crippen LogP contribution in [0.15, 0.2) is 18.2 Å². The van der Waals surface area contributed by atoms with Crippen LogP contribution in [-0.4, -0.2) is 16.4 Å². The molecule has 0 amide bonds. The van der Waals surface area contributed by atoms with Crippen molar-refractivity contribution in [2.75, 3.05) is 0 Å². The number of hydrogen-bond donors (Lipinski definition) is 2. The van der Waals surface area contributed by atoms with Gasteiger partial charge in [-0.1, -0.05) is 31.7 Å². The molecule has 1 fully saturated rings. The van der Waals surface area contributed by atoms with E-state index in [1.54, 1.807) is 12.1 Å². The molecular weight excluding hydrogens is 298 g/mol. The molecule has 3 nitrogen and oxygen atoms in total. The quantitative estimate of drug-likeness (QED) is 0.621. The van der Waals surface area contributed by atoms with Gasteiger partial charge in [0.05, 0.1) is 0 Å². The predicted octanol–water partition coefficient (Wildman–Crippen LogP) is 4.51. The third kappa shape index (κ3) is 3.66. The Balaban J connectivity index is 1.94. The van der Waals surface area contributed by atoms with Gasteiger partial charge in [0.1, 0.15) is 5.75 Å². The molecule has 0 atom stereocenters. The molecule has 0 bridgehead atoms. The highest BCUT2D eigenvalue weighted by Gasteiger charge is 2.29. The van der Waals surface area contributed by atoms with Crippen molar-refractivity contribution in [2.45, 2.75) is 71.3 Å². The van der Waals surface area contributed by atoms with Crippen LogP contribution >= 0.6 is 0 Å². The summed E-state index contributed by atoms with van der Waals surface area (Å²) in [5.41, 5.74) is 3.84. The van der Waals surface area contributed by atoms with Gasteiger partial charge in [-0.15, -0.1) is 0 Å². The molecule has 130 valence electrons. The smallest absolute Gasteiger partial charge is 0.160 e. The summed E-state index contributed by atoms with van der Waals surface area (Å²) in [5.74, 6) is 0.695. The molecule has 2 aliphatic rings. The van der Waals surface area contributed by atoms with Gasteiger partial charge >= 0.3 is 0 Å². The van der Waals surface area contributed by atoms with Gasteiger partial charge in [0, 0.05) is 28.8 Å². The van der Waals surface area contributed by atoms with E-state index in [4.69, 9.17) is 0 Å². The molecule has 1 aromatic rings. The van der Waals surface area contributed by atoms with Crippen molar-refractivity contribution in [2.24, 2.45) is 5.92 Å². The van der Waals surface area contributed by atoms with Crippen LogP contribution in [0.2, 0.25) is 0 Å². The summed E-state index contributed by atoms with van der Waals surface area (Å²) in [7, 11) is 0. The van der Waals surface area contributed by atoms with Crippen molar-refractivity contribution >= 4 is 11.5 Å². The molecule has 24 heavy (non-hydrogen) atoms. The minimum absolute atomic E-state index is 0.0913. The zero-order valence-electron chi connectivity index (χ0n) is 15.1. The fraction of sp³-hybridized carbons (Fsp3) is 0.571. The molecule has 0 radical (unpaired) electrons. The maximum atomic E-state index is 12.8. The Bertz CT molecular complexity index is 665. The van der Waals surface area contributed by atoms with E-state index in [0.29, 0.717) is 5.75 Å². The number of phenols is 1. The number of aromatic hydroxyl groups is 1. The van der Waals surface area contributed by atoms with Gasteiger partial charge in [0.2, 0.25) is 0 Å². The number of aryl methyl sites for hydroxylation is 1. The van der Waals surface area contributed by atoms with Gasteiger partial charge in [-0.05, 0) is 57.2 Å². The van der Waals surface area contributed by atoms with Gasteiger partial charge in [-0.25, -0.2) is 0 Å². The fourth-order valence-corrected chi connectivity index (χ4v) is 4.04. The number of fused-ring (bicyclic) bond motifs is 1. The maximum absolute atomic E-state index is 12.8. The van der Waals surface area contributed by atoms with Crippen LogP contribution in [0.25, 0.3) is 5.70 Å². The molecule has 1 aromatic carbocycles. The van der Waals surface area contributed by atoms with E-state index in [1.807, 2.05) is 6.92 Å². The first-order chi connectivity index (χ1) is 11.4. The summed E-state index contributed by atoms with van der Waals surface area (Å²) in [6.07, 6.45) is 9.53. The van der Waals surface area contributed by atoms with Crippen molar-refractivity contribution in [3.8, 4) is 5.75 Å². The number of rotatable bonds is 2. The topological polar surface area (TPSA) is 49.3 Å². The molecule has 1 aliphatic carbocycles. The second-order valence-corrected chi connectivity index (χ2v) is 8.13. The highest BCUT2D eigenvalue weighted by atomic mass is 16.3. The monoisotopic (exact) mass is 327 g/mol. The normalized spacial score (nSPS) is 22.5. The Kier molecular flexibility index (Phi) is 4.71. The summed E-state index contributed by atoms with van der Waals surface area (Å²) in [4.78, 5) is 12.8. The molecule has 0 unspecified atom stereocenters. The SMILES string of the molecule is Cc1cc2c(cc1O)C(=CC(=O)C1CCCCCC1)NC(C)(C)C2. The molecule has 1 heterocycles. The van der Waals surface area contributed by atoms with Gasteiger partial charge in [0.25, 0.3) is 0 Å². The minimum atomic E-state index is -0.0913. The molecule has 1 aliphatic heterocycles. The molecule has 0 aromatic heterocycles. The van der Waals surface area contributed by atoms with Crippen molar-refractivity contribution in [3.05, 3.63) is 34.9 Å². The standard InChI is InChI=1S/C21H29NO2/c1-14-10-16-13-21(2,3)22-18(17(16)11-19(14)23)12-20(24)15-8-6-4-5-7-9-15/h10-12,15,22-23H,4-9,13H2,1-3H3. The summed E-state index contributed by atoms with van der Waals surface area (Å²) in [5, 5.41) is 13.6. The number of benzene rings is 1. The van der Waals surface area contributed by atoms with Crippen LogP contribution in [0.4, 0.5) is 0 Å². The number of nitrogens with one attached hydrogen (secondary N) is 1. The summed E-state index contributed by atoms with van der Waals surface area (Å²) in [6.45, 7) is 6.23. The largest absolute Gasteiger partial charge is 0.508 e. The van der Waals surface area contributed by atoms with Gasteiger partial charge in [-0.3, -0.25) is 4.79 Å². The predicted molar refractivity (Wildman–Crippen MR) is 97.9 cm³/mol. The summed E-state index contributed by atoms with van der Waals surface area (Å²) >= 11 is 0. The number of ketones is 1. The lowest BCUT2D eigenvalue weighted by Crippen LogP contribution is -2.44. The third-order valence-electron chi connectivity index (χ3n) is 5.36. The van der Waals surface area contributed by atoms with Crippen molar-refractivity contribution in [1.82, 2.24) is 5.32 Å². The van der Waals surface area contributed by atoms with E-state index in [2.05, 4.69) is 25.2 Å². The fourth-order valence-electron chi connectivity index (χ4n) is 4.04. The zero-order chi connectivity index (χ0) is 17.3. The van der Waals surface area contributed by atoms with Crippen molar-refractivity contribution < 1.29 is 9.90 Å². The first-order valence-corrected chi connectivity index (χ1v) is 9.22. The molecule has 3 heteroatoms. The maximum Gasteiger partial charge on any atom is 0.160 e. The van der Waals surface area contributed by atoms with Gasteiger partial charge in [0.15, 0.2) is 5.78 Å². The Labute approximate surface area is 145 Å². The number of carbonyl (C=O) groups is 1. The van der Waals surface area contributed by atoms with Crippen molar-refractivity contribution in [1.29, 1.82) is 0 Å². The third-order valence-corrected chi connectivity index (χ3v) is 5.36. The molecular formula is C21H29NO2. The van der Waals surface area contributed by atoms with Crippen LogP contribution in [0.1, 0.15) is 69.1 Å². The lowest BCUT2D eigenvalue weighted by atomic mass is 9.84. The highest BCUT2D eigenvalue weighted by molar-refractivity contribution is 5.98. The van der Waals surface area contributed by atoms with E-state index in [-0.39, 0.29) is 17.2 Å². The molecule has 1 saturated carbocycles. The van der Waals surface area contributed by atoms with Crippen molar-refractivity contribution in [3.63, 3.8) is 0 Å². The Morgan fingerprint density at radius 3 is 2.54 bits per heavy atom. The summed E-state index contributed by atoms with van der Waals surface area (Å²) < 4.78 is 0. The van der Waals surface area contributed by atoms with Gasteiger partial charge < -0.3 is 10.4 Å². The first kappa shape index (κ1) is 17.1. The Morgan fingerprint density at radius 2 is 1.88 bits per heavy atom. The van der Waals surface area contributed by atoms with E-state index in [9.17, 15) is 9.90 Å². The lowest BCUT2D eigenvalue weighted by molar-refractivity contribution is -0.118. The number of carbonyl (C=O) groups excluding carboxylic acids is 1. The first-order valence-electron chi connectivity index (χ1n) is 9.22. The van der Waals surface area contributed by atoms with E-state index in [1.165, 1.54) is 18.4 Å². The second-order valence-electron chi connectivity index (χ2n) is 8.13. The number of phenolic OH excluding ortho intramolecular Hbond substituents is 1. The van der Waals surface area contributed by atoms with Crippen LogP contribution in [0, 0.1) is 12.8 Å². The van der Waals surface area contributed by atoms with Crippen LogP contribution in [0.3, 0.4) is 0 Å². The van der Waals surface area contributed by atoms with E-state index < -0.39 is 0 Å². The van der Waals surface area contributed by atoms with Crippen LogP contribution in [0.5, 0.6) is 5.75 Å². The number of hydrogen-bond acceptors (Lipinski definition) is 3. The minimum Gasteiger partial charge on any atom is -0.508 e. The zero-order valence-corrected chi connectivity index (χ0v) is 15.1. The molecule has 3 rings (SSSR count). The Morgan fingerprint density at radius 1 is 1.21 bits per heavy atom. The number of allylic oxidation sites excluding steroid dienone is 1. The highest BCUT2D eigenvalue weighted by Crippen LogP contribution is 2.34. The van der Waals surface area contributed by atoms with Crippen LogP contribution in [-0.2, 0) is 11.2 Å². The lowest BCUT2D eigenvalue weighted by Gasteiger charge is -2.36.